The number of aliphatic carboxylic acids is 1. The number of hydrogen-bond acceptors (Lipinski definition) is 4. The lowest BCUT2D eigenvalue weighted by Crippen LogP contribution is -2.40. The van der Waals surface area contributed by atoms with Crippen molar-refractivity contribution < 1.29 is 14.6 Å². The zero-order valence-corrected chi connectivity index (χ0v) is 12.1. The van der Waals surface area contributed by atoms with Crippen molar-refractivity contribution in [3.05, 3.63) is 29.8 Å². The predicted molar refractivity (Wildman–Crippen MR) is 78.9 cm³/mol. The molecule has 1 aromatic rings. The molecule has 0 aliphatic rings. The Morgan fingerprint density at radius 1 is 1.44 bits per heavy atom. The van der Waals surface area contributed by atoms with Gasteiger partial charge in [-0.1, -0.05) is 31.3 Å². The first-order chi connectivity index (χ1) is 8.43. The smallest absolute Gasteiger partial charge is 0.324 e. The Bertz CT molecular complexity index is 442. The molecule has 0 fully saturated rings. The number of carboxylic acid groups (broad SMARTS) is 1. The fourth-order valence-corrected chi connectivity index (χ4v) is 2.02. The fourth-order valence-electron chi connectivity index (χ4n) is 1.54. The number of thiocarbonyl (C=S) groups is 1. The molecule has 0 aliphatic heterocycles. The summed E-state index contributed by atoms with van der Waals surface area (Å²) >= 11 is 9.43. The Labute approximate surface area is 118 Å². The van der Waals surface area contributed by atoms with E-state index < -0.39 is 10.7 Å². The molecule has 0 saturated carbocycles. The van der Waals surface area contributed by atoms with Gasteiger partial charge in [-0.2, -0.15) is 12.6 Å². The lowest BCUT2D eigenvalue weighted by atomic mass is 9.96. The van der Waals surface area contributed by atoms with E-state index in [1.165, 1.54) is 0 Å². The van der Waals surface area contributed by atoms with Crippen LogP contribution < -0.4 is 4.74 Å². The number of ether oxygens (including phenoxy) is 1. The Kier molecular flexibility index (Phi) is 5.16. The number of methoxy groups -OCH3 is 1. The van der Waals surface area contributed by atoms with Crippen LogP contribution in [0.5, 0.6) is 5.75 Å². The summed E-state index contributed by atoms with van der Waals surface area (Å²) in [6, 6.07) is 7.39. The van der Waals surface area contributed by atoms with E-state index in [1.54, 1.807) is 14.0 Å². The molecule has 1 rings (SSSR count). The maximum atomic E-state index is 11.2. The summed E-state index contributed by atoms with van der Waals surface area (Å²) in [6.45, 7) is 1.77. The minimum atomic E-state index is -1.24. The van der Waals surface area contributed by atoms with Gasteiger partial charge in [0.05, 0.1) is 7.11 Å². The predicted octanol–water partition coefficient (Wildman–Crippen LogP) is 2.77. The highest BCUT2D eigenvalue weighted by Crippen LogP contribution is 2.25. The van der Waals surface area contributed by atoms with Crippen molar-refractivity contribution in [2.45, 2.75) is 24.5 Å². The first kappa shape index (κ1) is 15.0. The minimum absolute atomic E-state index is 0.362. The summed E-state index contributed by atoms with van der Waals surface area (Å²) in [5.74, 6) is -0.234. The summed E-state index contributed by atoms with van der Waals surface area (Å²) in [5.41, 5.74) is 0.953. The van der Waals surface area contributed by atoms with Gasteiger partial charge in [0.25, 0.3) is 0 Å². The second-order valence-electron chi connectivity index (χ2n) is 3.97. The minimum Gasteiger partial charge on any atom is -0.497 e. The summed E-state index contributed by atoms with van der Waals surface area (Å²) in [5, 5.41) is 9.18. The Balaban J connectivity index is 2.83. The van der Waals surface area contributed by atoms with E-state index in [-0.39, 0.29) is 0 Å². The van der Waals surface area contributed by atoms with Crippen molar-refractivity contribution in [1.29, 1.82) is 0 Å². The molecule has 0 heterocycles. The molecule has 0 spiro atoms. The number of thiol groups is 1. The van der Waals surface area contributed by atoms with Crippen LogP contribution in [0.2, 0.25) is 0 Å². The summed E-state index contributed by atoms with van der Waals surface area (Å²) in [6.07, 6.45) is 0.781. The van der Waals surface area contributed by atoms with Crippen LogP contribution in [0, 0.1) is 0 Å². The number of carbonyl (C=O) groups is 1. The van der Waals surface area contributed by atoms with Gasteiger partial charge in [0.15, 0.2) is 0 Å². The SMILES string of the molecule is CCC(S)(C(=O)O)C(=S)Cc1ccc(OC)cc1. The molecule has 5 heteroatoms. The van der Waals surface area contributed by atoms with E-state index in [1.807, 2.05) is 24.3 Å². The highest BCUT2D eigenvalue weighted by Gasteiger charge is 2.36. The molecule has 0 aromatic heterocycles. The van der Waals surface area contributed by atoms with Gasteiger partial charge in [0.1, 0.15) is 10.5 Å². The summed E-state index contributed by atoms with van der Waals surface area (Å²) < 4.78 is 3.82. The third kappa shape index (κ3) is 3.23. The molecule has 1 N–H and O–H groups in total. The van der Waals surface area contributed by atoms with Crippen LogP contribution in [0.4, 0.5) is 0 Å². The Morgan fingerprint density at radius 2 is 2.00 bits per heavy atom. The van der Waals surface area contributed by atoms with Crippen molar-refractivity contribution in [1.82, 2.24) is 0 Å². The topological polar surface area (TPSA) is 46.5 Å². The molecule has 0 aliphatic carbocycles. The van der Waals surface area contributed by atoms with Crippen LogP contribution in [0.3, 0.4) is 0 Å². The largest absolute Gasteiger partial charge is 0.497 e. The van der Waals surface area contributed by atoms with E-state index in [9.17, 15) is 9.90 Å². The molecule has 0 saturated heterocycles. The zero-order valence-electron chi connectivity index (χ0n) is 10.3. The van der Waals surface area contributed by atoms with Crippen LogP contribution in [0.1, 0.15) is 18.9 Å². The van der Waals surface area contributed by atoms with E-state index in [4.69, 9.17) is 17.0 Å². The van der Waals surface area contributed by atoms with E-state index in [0.29, 0.717) is 17.7 Å². The van der Waals surface area contributed by atoms with Crippen molar-refractivity contribution >= 4 is 35.7 Å². The van der Waals surface area contributed by atoms with Gasteiger partial charge in [-0.05, 0) is 24.1 Å². The first-order valence-electron chi connectivity index (χ1n) is 5.56. The van der Waals surface area contributed by atoms with Crippen LogP contribution in [-0.2, 0) is 11.2 Å². The lowest BCUT2D eigenvalue weighted by Gasteiger charge is -2.23. The molecule has 1 aromatic carbocycles. The van der Waals surface area contributed by atoms with Gasteiger partial charge < -0.3 is 9.84 Å². The second kappa shape index (κ2) is 6.20. The van der Waals surface area contributed by atoms with Gasteiger partial charge in [0, 0.05) is 11.3 Å². The normalized spacial score (nSPS) is 13.7. The van der Waals surface area contributed by atoms with Crippen LogP contribution in [0.15, 0.2) is 24.3 Å². The van der Waals surface area contributed by atoms with Crippen molar-refractivity contribution in [2.24, 2.45) is 0 Å². The lowest BCUT2D eigenvalue weighted by molar-refractivity contribution is -0.137. The number of benzene rings is 1. The molecule has 0 radical (unpaired) electrons. The molecular formula is C13H16O3S2. The molecule has 18 heavy (non-hydrogen) atoms. The van der Waals surface area contributed by atoms with Crippen molar-refractivity contribution in [2.75, 3.05) is 7.11 Å². The van der Waals surface area contributed by atoms with Crippen LogP contribution in [-0.4, -0.2) is 27.8 Å². The Hall–Kier alpha value is -1.07. The first-order valence-corrected chi connectivity index (χ1v) is 6.41. The highest BCUT2D eigenvalue weighted by atomic mass is 32.1. The summed E-state index contributed by atoms with van der Waals surface area (Å²) in [7, 11) is 1.60. The average Bonchev–Trinajstić information content (AvgIpc) is 2.38. The van der Waals surface area contributed by atoms with E-state index in [0.717, 1.165) is 11.3 Å². The van der Waals surface area contributed by atoms with Gasteiger partial charge in [-0.25, -0.2) is 0 Å². The Morgan fingerprint density at radius 3 is 2.39 bits per heavy atom. The molecule has 98 valence electrons. The van der Waals surface area contributed by atoms with Gasteiger partial charge in [0.2, 0.25) is 0 Å². The van der Waals surface area contributed by atoms with Gasteiger partial charge in [-0.15, -0.1) is 0 Å². The standard InChI is InChI=1S/C13H16O3S2/c1-3-13(18,12(14)15)11(17)8-9-4-6-10(16-2)7-5-9/h4-7,18H,3,8H2,1-2H3,(H,14,15). The number of carboxylic acids is 1. The van der Waals surface area contributed by atoms with Crippen LogP contribution >= 0.6 is 24.8 Å². The quantitative estimate of drug-likeness (QED) is 0.623. The average molecular weight is 284 g/mol. The molecule has 1 unspecified atom stereocenters. The maximum absolute atomic E-state index is 11.2. The van der Waals surface area contributed by atoms with E-state index in [2.05, 4.69) is 12.6 Å². The zero-order chi connectivity index (χ0) is 13.8. The maximum Gasteiger partial charge on any atom is 0.324 e. The van der Waals surface area contributed by atoms with Gasteiger partial charge >= 0.3 is 5.97 Å². The van der Waals surface area contributed by atoms with Crippen molar-refractivity contribution in [3.8, 4) is 5.75 Å². The van der Waals surface area contributed by atoms with Crippen molar-refractivity contribution in [3.63, 3.8) is 0 Å². The third-order valence-corrected chi connectivity index (χ3v) is 4.27. The molecule has 3 nitrogen and oxygen atoms in total. The molecule has 0 amide bonds. The highest BCUT2D eigenvalue weighted by molar-refractivity contribution is 7.88. The molecule has 1 atom stereocenters. The third-order valence-electron chi connectivity index (χ3n) is 2.85. The van der Waals surface area contributed by atoms with Crippen LogP contribution in [0.25, 0.3) is 0 Å². The van der Waals surface area contributed by atoms with E-state index >= 15 is 0 Å². The van der Waals surface area contributed by atoms with Gasteiger partial charge in [-0.3, -0.25) is 4.79 Å². The molecule has 0 bridgehead atoms. The summed E-state index contributed by atoms with van der Waals surface area (Å²) in [4.78, 5) is 11.6. The second-order valence-corrected chi connectivity index (χ2v) is 5.22. The monoisotopic (exact) mass is 284 g/mol. The number of rotatable bonds is 6. The number of hydrogen-bond donors (Lipinski definition) is 2. The fraction of sp³-hybridized carbons (Fsp3) is 0.385. The molecular weight excluding hydrogens is 268 g/mol.